The monoisotopic (exact) mass is 1050 g/mol. The molecule has 0 aliphatic carbocycles. The van der Waals surface area contributed by atoms with Crippen LogP contribution in [-0.4, -0.2) is 37.2 Å². The van der Waals surface area contributed by atoms with Gasteiger partial charge >= 0.3 is 17.9 Å². The summed E-state index contributed by atoms with van der Waals surface area (Å²) in [6.07, 6.45) is 78.8. The van der Waals surface area contributed by atoms with Crippen LogP contribution in [0.15, 0.2) is 36.5 Å². The molecule has 6 heteroatoms. The van der Waals surface area contributed by atoms with Crippen molar-refractivity contribution in [2.45, 2.75) is 374 Å². The molecule has 0 aliphatic heterocycles. The fraction of sp³-hybridized carbons (Fsp3) is 0.870. The third-order valence-electron chi connectivity index (χ3n) is 15.2. The predicted octanol–water partition coefficient (Wildman–Crippen LogP) is 22.8. The third-order valence-corrected chi connectivity index (χ3v) is 15.2. The van der Waals surface area contributed by atoms with Gasteiger partial charge in [0, 0.05) is 19.3 Å². The van der Waals surface area contributed by atoms with Gasteiger partial charge in [0.05, 0.1) is 0 Å². The van der Waals surface area contributed by atoms with Crippen molar-refractivity contribution in [1.82, 2.24) is 0 Å². The zero-order chi connectivity index (χ0) is 54.3. The number of hydrogen-bond acceptors (Lipinski definition) is 6. The molecule has 0 spiro atoms. The van der Waals surface area contributed by atoms with Crippen molar-refractivity contribution < 1.29 is 28.6 Å². The summed E-state index contributed by atoms with van der Waals surface area (Å²) in [6, 6.07) is 0. The Kier molecular flexibility index (Phi) is 62.1. The SMILES string of the molecule is CC/C=C\C/C=C\C/C=C\CCCCCCCC(=O)OCC(COC(=O)CCCCCCCCCCCCCCCCCCCCCCC)OC(=O)CCCCCCCCCCCCCCCCCCCCCCC. The number of esters is 3. The topological polar surface area (TPSA) is 78.9 Å². The number of ether oxygens (including phenoxy) is 3. The van der Waals surface area contributed by atoms with E-state index in [1.807, 2.05) is 0 Å². The summed E-state index contributed by atoms with van der Waals surface area (Å²) in [5.41, 5.74) is 0. The lowest BCUT2D eigenvalue weighted by Crippen LogP contribution is -2.30. The van der Waals surface area contributed by atoms with Gasteiger partial charge in [0.1, 0.15) is 13.2 Å². The van der Waals surface area contributed by atoms with Gasteiger partial charge in [-0.15, -0.1) is 0 Å². The Morgan fingerprint density at radius 3 is 0.813 bits per heavy atom. The zero-order valence-electron chi connectivity index (χ0n) is 50.6. The van der Waals surface area contributed by atoms with Gasteiger partial charge in [-0.25, -0.2) is 0 Å². The van der Waals surface area contributed by atoms with Crippen molar-refractivity contribution >= 4 is 17.9 Å². The van der Waals surface area contributed by atoms with E-state index in [1.165, 1.54) is 231 Å². The van der Waals surface area contributed by atoms with Crippen molar-refractivity contribution in [3.05, 3.63) is 36.5 Å². The second-order valence-electron chi connectivity index (χ2n) is 22.7. The van der Waals surface area contributed by atoms with Gasteiger partial charge < -0.3 is 14.2 Å². The van der Waals surface area contributed by atoms with Crippen molar-refractivity contribution in [3.63, 3.8) is 0 Å². The molecule has 440 valence electrons. The molecule has 0 fully saturated rings. The Bertz CT molecular complexity index is 1250. The molecule has 0 heterocycles. The quantitative estimate of drug-likeness (QED) is 0.0261. The van der Waals surface area contributed by atoms with E-state index in [1.54, 1.807) is 0 Å². The molecule has 0 aromatic rings. The minimum atomic E-state index is -0.776. The summed E-state index contributed by atoms with van der Waals surface area (Å²) in [5, 5.41) is 0. The molecular weight excluding hydrogens is 925 g/mol. The number of unbranched alkanes of at least 4 members (excludes halogenated alkanes) is 45. The Morgan fingerprint density at radius 2 is 0.520 bits per heavy atom. The molecule has 0 aromatic heterocycles. The highest BCUT2D eigenvalue weighted by Gasteiger charge is 2.19. The van der Waals surface area contributed by atoms with Crippen LogP contribution >= 0.6 is 0 Å². The van der Waals surface area contributed by atoms with Crippen LogP contribution in [-0.2, 0) is 28.6 Å². The van der Waals surface area contributed by atoms with Crippen LogP contribution in [0.5, 0.6) is 0 Å². The smallest absolute Gasteiger partial charge is 0.306 e. The summed E-state index contributed by atoms with van der Waals surface area (Å²) in [4.78, 5) is 38.4. The molecule has 0 radical (unpaired) electrons. The lowest BCUT2D eigenvalue weighted by Gasteiger charge is -2.18. The van der Waals surface area contributed by atoms with Gasteiger partial charge in [0.15, 0.2) is 6.10 Å². The van der Waals surface area contributed by atoms with Crippen molar-refractivity contribution in [3.8, 4) is 0 Å². The van der Waals surface area contributed by atoms with Gasteiger partial charge in [0.2, 0.25) is 0 Å². The number of allylic oxidation sites excluding steroid dienone is 6. The minimum Gasteiger partial charge on any atom is -0.462 e. The van der Waals surface area contributed by atoms with Crippen LogP contribution in [0.2, 0.25) is 0 Å². The molecule has 0 aliphatic rings. The Hall–Kier alpha value is -2.37. The molecule has 0 saturated carbocycles. The molecule has 75 heavy (non-hydrogen) atoms. The van der Waals surface area contributed by atoms with Crippen LogP contribution in [0, 0.1) is 0 Å². The maximum atomic E-state index is 12.9. The summed E-state index contributed by atoms with van der Waals surface area (Å²) in [7, 11) is 0. The van der Waals surface area contributed by atoms with Crippen molar-refractivity contribution in [1.29, 1.82) is 0 Å². The lowest BCUT2D eigenvalue weighted by molar-refractivity contribution is -0.167. The highest BCUT2D eigenvalue weighted by Crippen LogP contribution is 2.18. The number of carbonyl (C=O) groups is 3. The molecule has 0 amide bonds. The molecule has 1 unspecified atom stereocenters. The number of hydrogen-bond donors (Lipinski definition) is 0. The van der Waals surface area contributed by atoms with Gasteiger partial charge in [0.25, 0.3) is 0 Å². The normalized spacial score (nSPS) is 12.2. The van der Waals surface area contributed by atoms with E-state index in [-0.39, 0.29) is 31.1 Å². The van der Waals surface area contributed by atoms with Crippen molar-refractivity contribution in [2.24, 2.45) is 0 Å². The molecule has 0 bridgehead atoms. The minimum absolute atomic E-state index is 0.0720. The van der Waals surface area contributed by atoms with E-state index in [9.17, 15) is 14.4 Å². The Morgan fingerprint density at radius 1 is 0.280 bits per heavy atom. The summed E-state index contributed by atoms with van der Waals surface area (Å²) >= 11 is 0. The largest absolute Gasteiger partial charge is 0.462 e. The summed E-state index contributed by atoms with van der Waals surface area (Å²) < 4.78 is 17.0. The van der Waals surface area contributed by atoms with E-state index in [0.29, 0.717) is 19.3 Å². The number of rotatable bonds is 62. The standard InChI is InChI=1S/C69H128O6/c1-4-7-10-13-16-19-22-25-28-30-32-34-36-38-41-44-47-50-53-56-59-62-68(71)74-65-66(64-73-67(70)61-58-55-52-49-46-43-40-27-24-21-18-15-12-9-6-3)75-69(72)63-60-57-54-51-48-45-42-39-37-35-33-31-29-26-23-20-17-14-11-8-5-2/h9,12,18,21,27,40,66H,4-8,10-11,13-17,19-20,22-26,28-39,41-65H2,1-3H3/b12-9-,21-18-,40-27-. The van der Waals surface area contributed by atoms with Gasteiger partial charge in [-0.2, -0.15) is 0 Å². The second-order valence-corrected chi connectivity index (χ2v) is 22.7. The zero-order valence-corrected chi connectivity index (χ0v) is 50.6. The summed E-state index contributed by atoms with van der Waals surface area (Å²) in [5.74, 6) is -0.861. The second kappa shape index (κ2) is 64.2. The Balaban J connectivity index is 4.29. The highest BCUT2D eigenvalue weighted by molar-refractivity contribution is 5.71. The first-order valence-electron chi connectivity index (χ1n) is 33.5. The Labute approximate surface area is 467 Å². The van der Waals surface area contributed by atoms with Gasteiger partial charge in [-0.05, 0) is 51.4 Å². The molecule has 6 nitrogen and oxygen atoms in total. The average molecular weight is 1050 g/mol. The maximum Gasteiger partial charge on any atom is 0.306 e. The van der Waals surface area contributed by atoms with Gasteiger partial charge in [-0.3, -0.25) is 14.4 Å². The molecule has 0 rings (SSSR count). The predicted molar refractivity (Wildman–Crippen MR) is 326 cm³/mol. The van der Waals surface area contributed by atoms with E-state index in [0.717, 1.165) is 96.3 Å². The first-order valence-corrected chi connectivity index (χ1v) is 33.5. The third kappa shape index (κ3) is 62.4. The maximum absolute atomic E-state index is 12.9. The van der Waals surface area contributed by atoms with E-state index in [2.05, 4.69) is 57.2 Å². The van der Waals surface area contributed by atoms with Crippen LogP contribution in [0.3, 0.4) is 0 Å². The molecule has 1 atom stereocenters. The van der Waals surface area contributed by atoms with E-state index >= 15 is 0 Å². The van der Waals surface area contributed by atoms with E-state index in [4.69, 9.17) is 14.2 Å². The fourth-order valence-electron chi connectivity index (χ4n) is 10.2. The molecule has 0 N–H and O–H groups in total. The van der Waals surface area contributed by atoms with Gasteiger partial charge in [-0.1, -0.05) is 333 Å². The number of carbonyl (C=O) groups excluding carboxylic acids is 3. The first-order chi connectivity index (χ1) is 37.0. The van der Waals surface area contributed by atoms with Crippen molar-refractivity contribution in [2.75, 3.05) is 13.2 Å². The highest BCUT2D eigenvalue weighted by atomic mass is 16.6. The molecule has 0 aromatic carbocycles. The first kappa shape index (κ1) is 72.6. The lowest BCUT2D eigenvalue weighted by atomic mass is 10.0. The van der Waals surface area contributed by atoms with Crippen LogP contribution in [0.25, 0.3) is 0 Å². The van der Waals surface area contributed by atoms with E-state index < -0.39 is 6.10 Å². The van der Waals surface area contributed by atoms with Crippen LogP contribution in [0.4, 0.5) is 0 Å². The van der Waals surface area contributed by atoms with Crippen LogP contribution < -0.4 is 0 Å². The molecule has 0 saturated heterocycles. The fourth-order valence-corrected chi connectivity index (χ4v) is 10.2. The average Bonchev–Trinajstić information content (AvgIpc) is 3.41. The molecular formula is C69H128O6. The summed E-state index contributed by atoms with van der Waals surface area (Å²) in [6.45, 7) is 6.59. The van der Waals surface area contributed by atoms with Crippen LogP contribution in [0.1, 0.15) is 367 Å².